The first-order valence-electron chi connectivity index (χ1n) is 5.78. The molecule has 0 amide bonds. The summed E-state index contributed by atoms with van der Waals surface area (Å²) in [6.45, 7) is 3.45. The number of hydrogen-bond donors (Lipinski definition) is 2. The Bertz CT molecular complexity index is 372. The van der Waals surface area contributed by atoms with Gasteiger partial charge in [0.1, 0.15) is 5.82 Å². The number of nitrogens with one attached hydrogen (secondary N) is 1. The summed E-state index contributed by atoms with van der Waals surface area (Å²) in [6, 6.07) is 5.08. The van der Waals surface area contributed by atoms with Gasteiger partial charge in [-0.2, -0.15) is 0 Å². The summed E-state index contributed by atoms with van der Waals surface area (Å²) < 4.78 is 13.4. The van der Waals surface area contributed by atoms with E-state index >= 15 is 0 Å². The van der Waals surface area contributed by atoms with Gasteiger partial charge in [0, 0.05) is 6.42 Å². The molecule has 2 N–H and O–H groups in total. The zero-order chi connectivity index (χ0) is 11.6. The van der Waals surface area contributed by atoms with Crippen LogP contribution >= 0.6 is 0 Å². The van der Waals surface area contributed by atoms with Crippen LogP contribution in [0.25, 0.3) is 0 Å². The van der Waals surface area contributed by atoms with Crippen molar-refractivity contribution < 1.29 is 9.50 Å². The van der Waals surface area contributed by atoms with Crippen molar-refractivity contribution in [2.75, 3.05) is 13.1 Å². The van der Waals surface area contributed by atoms with Crippen LogP contribution in [0.15, 0.2) is 18.2 Å². The molecule has 1 saturated heterocycles. The lowest BCUT2D eigenvalue weighted by molar-refractivity contribution is 0.0107. The van der Waals surface area contributed by atoms with Crippen LogP contribution < -0.4 is 5.32 Å². The molecule has 3 heteroatoms. The molecule has 0 aromatic heterocycles. The van der Waals surface area contributed by atoms with Crippen molar-refractivity contribution in [1.82, 2.24) is 5.32 Å². The van der Waals surface area contributed by atoms with Crippen molar-refractivity contribution >= 4 is 0 Å². The number of benzene rings is 1. The summed E-state index contributed by atoms with van der Waals surface area (Å²) in [5, 5.41) is 13.6. The van der Waals surface area contributed by atoms with Crippen LogP contribution in [0, 0.1) is 12.7 Å². The molecule has 0 bridgehead atoms. The first kappa shape index (κ1) is 11.6. The summed E-state index contributed by atoms with van der Waals surface area (Å²) in [5.74, 6) is -0.185. The van der Waals surface area contributed by atoms with Gasteiger partial charge >= 0.3 is 0 Å². The van der Waals surface area contributed by atoms with Gasteiger partial charge in [-0.15, -0.1) is 0 Å². The predicted molar refractivity (Wildman–Crippen MR) is 61.9 cm³/mol. The minimum atomic E-state index is -0.663. The maximum atomic E-state index is 13.4. The lowest BCUT2D eigenvalue weighted by Gasteiger charge is -2.33. The SMILES string of the molecule is Cc1c(F)cccc1CC1(O)CCNCC1. The van der Waals surface area contributed by atoms with Crippen LogP contribution in [-0.4, -0.2) is 23.8 Å². The molecule has 16 heavy (non-hydrogen) atoms. The Morgan fingerprint density at radius 1 is 1.38 bits per heavy atom. The first-order chi connectivity index (χ1) is 7.61. The molecule has 0 spiro atoms. The summed E-state index contributed by atoms with van der Waals surface area (Å²) in [4.78, 5) is 0. The second-order valence-corrected chi connectivity index (χ2v) is 4.68. The molecule has 1 heterocycles. The van der Waals surface area contributed by atoms with E-state index in [0.717, 1.165) is 31.5 Å². The summed E-state index contributed by atoms with van der Waals surface area (Å²) in [6.07, 6.45) is 2.03. The van der Waals surface area contributed by atoms with E-state index in [-0.39, 0.29) is 5.82 Å². The summed E-state index contributed by atoms with van der Waals surface area (Å²) in [5.41, 5.74) is 0.919. The summed E-state index contributed by atoms with van der Waals surface area (Å²) in [7, 11) is 0. The van der Waals surface area contributed by atoms with E-state index in [9.17, 15) is 9.50 Å². The number of hydrogen-bond acceptors (Lipinski definition) is 2. The molecular weight excluding hydrogens is 205 g/mol. The van der Waals surface area contributed by atoms with E-state index in [1.807, 2.05) is 6.07 Å². The van der Waals surface area contributed by atoms with E-state index in [1.54, 1.807) is 13.0 Å². The van der Waals surface area contributed by atoms with E-state index in [4.69, 9.17) is 0 Å². The van der Waals surface area contributed by atoms with Gasteiger partial charge in [-0.1, -0.05) is 12.1 Å². The van der Waals surface area contributed by atoms with Gasteiger partial charge in [0.05, 0.1) is 5.60 Å². The Labute approximate surface area is 95.5 Å². The predicted octanol–water partition coefficient (Wildman–Crippen LogP) is 1.79. The molecule has 0 aliphatic carbocycles. The topological polar surface area (TPSA) is 32.3 Å². The Morgan fingerprint density at radius 2 is 2.06 bits per heavy atom. The maximum absolute atomic E-state index is 13.4. The number of halogens is 1. The third-order valence-corrected chi connectivity index (χ3v) is 3.43. The minimum absolute atomic E-state index is 0.185. The molecule has 1 aromatic carbocycles. The van der Waals surface area contributed by atoms with Gasteiger partial charge in [-0.25, -0.2) is 4.39 Å². The molecule has 1 aliphatic rings. The molecule has 1 aromatic rings. The quantitative estimate of drug-likeness (QED) is 0.801. The second-order valence-electron chi connectivity index (χ2n) is 4.68. The van der Waals surface area contributed by atoms with Crippen LogP contribution in [0.3, 0.4) is 0 Å². The van der Waals surface area contributed by atoms with E-state index in [2.05, 4.69) is 5.32 Å². The Kier molecular flexibility index (Phi) is 3.26. The molecule has 0 saturated carbocycles. The van der Waals surface area contributed by atoms with Gasteiger partial charge in [0.2, 0.25) is 0 Å². The lowest BCUT2D eigenvalue weighted by Crippen LogP contribution is -2.43. The van der Waals surface area contributed by atoms with Crippen LogP contribution in [-0.2, 0) is 6.42 Å². The van der Waals surface area contributed by atoms with Crippen LogP contribution in [0.1, 0.15) is 24.0 Å². The molecule has 2 rings (SSSR count). The Balaban J connectivity index is 2.16. The van der Waals surface area contributed by atoms with Gasteiger partial charge in [-0.05, 0) is 50.0 Å². The minimum Gasteiger partial charge on any atom is -0.389 e. The van der Waals surface area contributed by atoms with E-state index in [1.165, 1.54) is 6.07 Å². The molecule has 88 valence electrons. The van der Waals surface area contributed by atoms with Crippen LogP contribution in [0.5, 0.6) is 0 Å². The van der Waals surface area contributed by atoms with Gasteiger partial charge in [0.15, 0.2) is 0 Å². The molecule has 0 unspecified atom stereocenters. The smallest absolute Gasteiger partial charge is 0.126 e. The number of piperidine rings is 1. The van der Waals surface area contributed by atoms with Crippen molar-refractivity contribution in [3.8, 4) is 0 Å². The van der Waals surface area contributed by atoms with Gasteiger partial charge < -0.3 is 10.4 Å². The molecule has 1 aliphatic heterocycles. The fraction of sp³-hybridized carbons (Fsp3) is 0.538. The monoisotopic (exact) mass is 223 g/mol. The fourth-order valence-corrected chi connectivity index (χ4v) is 2.27. The van der Waals surface area contributed by atoms with Crippen molar-refractivity contribution in [2.45, 2.75) is 31.8 Å². The van der Waals surface area contributed by atoms with Gasteiger partial charge in [0.25, 0.3) is 0 Å². The zero-order valence-corrected chi connectivity index (χ0v) is 9.59. The first-order valence-corrected chi connectivity index (χ1v) is 5.78. The third-order valence-electron chi connectivity index (χ3n) is 3.43. The molecular formula is C13H18FNO. The zero-order valence-electron chi connectivity index (χ0n) is 9.59. The van der Waals surface area contributed by atoms with Crippen molar-refractivity contribution in [3.05, 3.63) is 35.1 Å². The van der Waals surface area contributed by atoms with Crippen LogP contribution in [0.2, 0.25) is 0 Å². The van der Waals surface area contributed by atoms with Crippen molar-refractivity contribution in [2.24, 2.45) is 0 Å². The highest BCUT2D eigenvalue weighted by molar-refractivity contribution is 5.28. The second kappa shape index (κ2) is 4.52. The maximum Gasteiger partial charge on any atom is 0.126 e. The Morgan fingerprint density at radius 3 is 2.75 bits per heavy atom. The van der Waals surface area contributed by atoms with Gasteiger partial charge in [-0.3, -0.25) is 0 Å². The average Bonchev–Trinajstić information content (AvgIpc) is 2.26. The van der Waals surface area contributed by atoms with E-state index < -0.39 is 5.60 Å². The number of aliphatic hydroxyl groups is 1. The fourth-order valence-electron chi connectivity index (χ4n) is 2.27. The van der Waals surface area contributed by atoms with Crippen molar-refractivity contribution in [3.63, 3.8) is 0 Å². The molecule has 0 atom stereocenters. The average molecular weight is 223 g/mol. The van der Waals surface area contributed by atoms with E-state index in [0.29, 0.717) is 12.0 Å². The third kappa shape index (κ3) is 2.42. The van der Waals surface area contributed by atoms with Crippen molar-refractivity contribution in [1.29, 1.82) is 0 Å². The molecule has 0 radical (unpaired) electrons. The normalized spacial score (nSPS) is 19.7. The molecule has 2 nitrogen and oxygen atoms in total. The standard InChI is InChI=1S/C13H18FNO/c1-10-11(3-2-4-12(10)14)9-13(16)5-7-15-8-6-13/h2-4,15-16H,5-9H2,1H3. The largest absolute Gasteiger partial charge is 0.389 e. The van der Waals surface area contributed by atoms with Crippen LogP contribution in [0.4, 0.5) is 4.39 Å². The lowest BCUT2D eigenvalue weighted by atomic mass is 9.85. The Hall–Kier alpha value is -0.930. The highest BCUT2D eigenvalue weighted by atomic mass is 19.1. The summed E-state index contributed by atoms with van der Waals surface area (Å²) >= 11 is 0. The highest BCUT2D eigenvalue weighted by Crippen LogP contribution is 2.25. The number of rotatable bonds is 2. The molecule has 1 fully saturated rings. The highest BCUT2D eigenvalue weighted by Gasteiger charge is 2.29.